The van der Waals surface area contributed by atoms with Crippen LogP contribution in [0.3, 0.4) is 0 Å². The van der Waals surface area contributed by atoms with E-state index in [0.717, 1.165) is 31.6 Å². The van der Waals surface area contributed by atoms with E-state index in [0.29, 0.717) is 12.0 Å². The Bertz CT molecular complexity index is 240. The maximum Gasteiger partial charge on any atom is 0.237 e. The highest BCUT2D eigenvalue weighted by Crippen LogP contribution is 2.36. The van der Waals surface area contributed by atoms with Crippen LogP contribution in [0.1, 0.15) is 53.4 Å². The summed E-state index contributed by atoms with van der Waals surface area (Å²) in [5.74, 6) is 1.29. The molecular formula is C13H26N2O. The Morgan fingerprint density at radius 1 is 1.25 bits per heavy atom. The van der Waals surface area contributed by atoms with E-state index in [4.69, 9.17) is 5.73 Å². The largest absolute Gasteiger partial charge is 0.368 e. The molecule has 0 aliphatic heterocycles. The van der Waals surface area contributed by atoms with Gasteiger partial charge in [-0.15, -0.1) is 0 Å². The predicted molar refractivity (Wildman–Crippen MR) is 67.0 cm³/mol. The highest BCUT2D eigenvalue weighted by Gasteiger charge is 2.40. The molecule has 1 rings (SSSR count). The van der Waals surface area contributed by atoms with Crippen molar-refractivity contribution >= 4 is 5.91 Å². The first-order chi connectivity index (χ1) is 7.37. The van der Waals surface area contributed by atoms with Gasteiger partial charge in [0.2, 0.25) is 5.91 Å². The Morgan fingerprint density at radius 2 is 1.75 bits per heavy atom. The number of primary amides is 1. The molecule has 0 aromatic carbocycles. The van der Waals surface area contributed by atoms with Gasteiger partial charge in [0.25, 0.3) is 0 Å². The lowest BCUT2D eigenvalue weighted by Gasteiger charge is -2.41. The van der Waals surface area contributed by atoms with Crippen molar-refractivity contribution in [1.82, 2.24) is 5.32 Å². The highest BCUT2D eigenvalue weighted by molar-refractivity contribution is 5.84. The number of carbonyl (C=O) groups is 1. The summed E-state index contributed by atoms with van der Waals surface area (Å²) in [6.45, 7) is 8.66. The van der Waals surface area contributed by atoms with Crippen molar-refractivity contribution in [3.05, 3.63) is 0 Å². The Morgan fingerprint density at radius 3 is 2.06 bits per heavy atom. The van der Waals surface area contributed by atoms with Crippen molar-refractivity contribution < 1.29 is 4.79 Å². The molecule has 3 heteroatoms. The van der Waals surface area contributed by atoms with Gasteiger partial charge in [-0.05, 0) is 51.4 Å². The van der Waals surface area contributed by atoms with Crippen LogP contribution in [0, 0.1) is 11.8 Å². The van der Waals surface area contributed by atoms with Gasteiger partial charge in [-0.3, -0.25) is 4.79 Å². The van der Waals surface area contributed by atoms with Crippen LogP contribution in [0.15, 0.2) is 0 Å². The fraction of sp³-hybridized carbons (Fsp3) is 0.923. The molecule has 3 N–H and O–H groups in total. The van der Waals surface area contributed by atoms with Crippen LogP contribution in [0.5, 0.6) is 0 Å². The Labute approximate surface area is 99.2 Å². The van der Waals surface area contributed by atoms with Gasteiger partial charge in [-0.2, -0.15) is 0 Å². The predicted octanol–water partition coefficient (Wildman–Crippen LogP) is 2.05. The third-order valence-electron chi connectivity index (χ3n) is 3.86. The standard InChI is InChI=1S/C13H26N2O/c1-9(2)11-5-7-13(8-6-11,12(14)16)15-10(3)4/h9-11,15H,5-8H2,1-4H3,(H2,14,16). The second kappa shape index (κ2) is 5.17. The van der Waals surface area contributed by atoms with Crippen LogP contribution in [-0.4, -0.2) is 17.5 Å². The third kappa shape index (κ3) is 2.97. The average Bonchev–Trinajstić information content (AvgIpc) is 2.17. The van der Waals surface area contributed by atoms with Crippen molar-refractivity contribution in [2.45, 2.75) is 65.0 Å². The molecule has 0 radical (unpaired) electrons. The lowest BCUT2D eigenvalue weighted by atomic mass is 9.72. The van der Waals surface area contributed by atoms with E-state index in [1.54, 1.807) is 0 Å². The smallest absolute Gasteiger partial charge is 0.237 e. The van der Waals surface area contributed by atoms with E-state index in [1.165, 1.54) is 0 Å². The first-order valence-corrected chi connectivity index (χ1v) is 6.45. The van der Waals surface area contributed by atoms with E-state index < -0.39 is 5.54 Å². The van der Waals surface area contributed by atoms with Gasteiger partial charge in [0, 0.05) is 6.04 Å². The molecule has 0 unspecified atom stereocenters. The summed E-state index contributed by atoms with van der Waals surface area (Å²) in [6, 6.07) is 0.308. The van der Waals surface area contributed by atoms with Crippen LogP contribution in [0.25, 0.3) is 0 Å². The maximum absolute atomic E-state index is 11.6. The van der Waals surface area contributed by atoms with E-state index in [9.17, 15) is 4.79 Å². The average molecular weight is 226 g/mol. The lowest BCUT2D eigenvalue weighted by molar-refractivity contribution is -0.126. The molecule has 16 heavy (non-hydrogen) atoms. The van der Waals surface area contributed by atoms with Crippen LogP contribution in [0.4, 0.5) is 0 Å². The first-order valence-electron chi connectivity index (χ1n) is 6.45. The summed E-state index contributed by atoms with van der Waals surface area (Å²) in [4.78, 5) is 11.6. The van der Waals surface area contributed by atoms with Gasteiger partial charge in [0.05, 0.1) is 5.54 Å². The SMILES string of the molecule is CC(C)NC1(C(N)=O)CCC(C(C)C)CC1. The zero-order valence-electron chi connectivity index (χ0n) is 11.0. The van der Waals surface area contributed by atoms with Crippen molar-refractivity contribution in [1.29, 1.82) is 0 Å². The molecule has 1 aliphatic carbocycles. The summed E-state index contributed by atoms with van der Waals surface area (Å²) < 4.78 is 0. The summed E-state index contributed by atoms with van der Waals surface area (Å²) in [5, 5.41) is 3.38. The van der Waals surface area contributed by atoms with Crippen molar-refractivity contribution in [2.75, 3.05) is 0 Å². The number of hydrogen-bond donors (Lipinski definition) is 2. The molecular weight excluding hydrogens is 200 g/mol. The van der Waals surface area contributed by atoms with Gasteiger partial charge in [0.1, 0.15) is 0 Å². The van der Waals surface area contributed by atoms with Crippen LogP contribution in [0.2, 0.25) is 0 Å². The monoisotopic (exact) mass is 226 g/mol. The molecule has 3 nitrogen and oxygen atoms in total. The molecule has 1 aliphatic rings. The minimum Gasteiger partial charge on any atom is -0.368 e. The summed E-state index contributed by atoms with van der Waals surface area (Å²) in [6.07, 6.45) is 4.01. The number of carbonyl (C=O) groups excluding carboxylic acids is 1. The molecule has 94 valence electrons. The minimum absolute atomic E-state index is 0.177. The maximum atomic E-state index is 11.6. The molecule has 1 fully saturated rings. The molecule has 0 bridgehead atoms. The van der Waals surface area contributed by atoms with Crippen LogP contribution in [-0.2, 0) is 4.79 Å². The number of amides is 1. The van der Waals surface area contributed by atoms with Crippen molar-refractivity contribution in [3.8, 4) is 0 Å². The topological polar surface area (TPSA) is 55.1 Å². The molecule has 0 saturated heterocycles. The normalized spacial score (nSPS) is 31.0. The van der Waals surface area contributed by atoms with Crippen molar-refractivity contribution in [3.63, 3.8) is 0 Å². The van der Waals surface area contributed by atoms with E-state index >= 15 is 0 Å². The van der Waals surface area contributed by atoms with Gasteiger partial charge >= 0.3 is 0 Å². The minimum atomic E-state index is -0.445. The highest BCUT2D eigenvalue weighted by atomic mass is 16.1. The zero-order valence-corrected chi connectivity index (χ0v) is 11.0. The molecule has 1 amide bonds. The number of nitrogens with one attached hydrogen (secondary N) is 1. The Hall–Kier alpha value is -0.570. The Balaban J connectivity index is 2.66. The number of nitrogens with two attached hydrogens (primary N) is 1. The van der Waals surface area contributed by atoms with E-state index in [1.807, 2.05) is 0 Å². The quantitative estimate of drug-likeness (QED) is 0.771. The molecule has 0 spiro atoms. The fourth-order valence-electron chi connectivity index (χ4n) is 2.81. The molecule has 0 aromatic rings. The van der Waals surface area contributed by atoms with Gasteiger partial charge < -0.3 is 11.1 Å². The molecule has 0 aromatic heterocycles. The van der Waals surface area contributed by atoms with Crippen molar-refractivity contribution in [2.24, 2.45) is 17.6 Å². The number of hydrogen-bond acceptors (Lipinski definition) is 2. The summed E-state index contributed by atoms with van der Waals surface area (Å²) >= 11 is 0. The second-order valence-electron chi connectivity index (χ2n) is 5.83. The fourth-order valence-corrected chi connectivity index (χ4v) is 2.81. The third-order valence-corrected chi connectivity index (χ3v) is 3.86. The van der Waals surface area contributed by atoms with E-state index in [-0.39, 0.29) is 5.91 Å². The van der Waals surface area contributed by atoms with Gasteiger partial charge in [0.15, 0.2) is 0 Å². The zero-order chi connectivity index (χ0) is 12.3. The van der Waals surface area contributed by atoms with Crippen LogP contribution < -0.4 is 11.1 Å². The van der Waals surface area contributed by atoms with Crippen LogP contribution >= 0.6 is 0 Å². The second-order valence-corrected chi connectivity index (χ2v) is 5.83. The first kappa shape index (κ1) is 13.5. The molecule has 0 heterocycles. The molecule has 1 saturated carbocycles. The van der Waals surface area contributed by atoms with E-state index in [2.05, 4.69) is 33.0 Å². The molecule has 0 atom stereocenters. The Kier molecular flexibility index (Phi) is 4.36. The van der Waals surface area contributed by atoms with Gasteiger partial charge in [-0.1, -0.05) is 13.8 Å². The summed E-state index contributed by atoms with van der Waals surface area (Å²) in [7, 11) is 0. The number of rotatable bonds is 4. The summed E-state index contributed by atoms with van der Waals surface area (Å²) in [5.41, 5.74) is 5.13. The van der Waals surface area contributed by atoms with Gasteiger partial charge in [-0.25, -0.2) is 0 Å². The lowest BCUT2D eigenvalue weighted by Crippen LogP contribution is -2.59.